The van der Waals surface area contributed by atoms with Crippen molar-refractivity contribution >= 4 is 15.9 Å². The molecule has 2 rings (SSSR count). The van der Waals surface area contributed by atoms with Crippen LogP contribution in [-0.4, -0.2) is 0 Å². The van der Waals surface area contributed by atoms with Gasteiger partial charge in [0.25, 0.3) is 0 Å². The lowest BCUT2D eigenvalue weighted by molar-refractivity contribution is 0.924. The zero-order chi connectivity index (χ0) is 13.0. The molecular weight excluding hydrogens is 286 g/mol. The highest BCUT2D eigenvalue weighted by atomic mass is 79.9. The van der Waals surface area contributed by atoms with E-state index in [2.05, 4.69) is 40.2 Å². The maximum Gasteiger partial charge on any atom is 0.0482 e. The van der Waals surface area contributed by atoms with Crippen LogP contribution in [0.25, 0.3) is 0 Å². The van der Waals surface area contributed by atoms with E-state index in [-0.39, 0.29) is 5.92 Å². The van der Waals surface area contributed by atoms with Crippen molar-refractivity contribution in [3.05, 3.63) is 82.0 Å². The number of benzene rings is 2. The summed E-state index contributed by atoms with van der Waals surface area (Å²) in [4.78, 5) is 0. The highest BCUT2D eigenvalue weighted by Gasteiger charge is 2.15. The second kappa shape index (κ2) is 5.87. The summed E-state index contributed by atoms with van der Waals surface area (Å²) >= 11 is 3.46. The molecule has 0 aliphatic rings. The van der Waals surface area contributed by atoms with E-state index in [1.54, 1.807) is 0 Å². The summed E-state index contributed by atoms with van der Waals surface area (Å²) < 4.78 is 1.08. The maximum absolute atomic E-state index is 6.17. The first-order valence-electron chi connectivity index (χ1n) is 5.94. The smallest absolute Gasteiger partial charge is 0.0482 e. The van der Waals surface area contributed by atoms with Gasteiger partial charge < -0.3 is 5.73 Å². The van der Waals surface area contributed by atoms with Crippen LogP contribution in [-0.2, 0) is 0 Å². The Bertz CT molecular complexity index is 529. The van der Waals surface area contributed by atoms with Gasteiger partial charge in [0.15, 0.2) is 0 Å². The molecule has 2 heteroatoms. The molecule has 0 radical (unpaired) electrons. The highest BCUT2D eigenvalue weighted by molar-refractivity contribution is 9.10. The minimum Gasteiger partial charge on any atom is -0.402 e. The number of hydrogen-bond acceptors (Lipinski definition) is 1. The number of rotatable bonds is 3. The van der Waals surface area contributed by atoms with Crippen LogP contribution in [0.15, 0.2) is 70.8 Å². The maximum atomic E-state index is 6.17. The molecule has 0 aliphatic carbocycles. The molecule has 0 aromatic heterocycles. The Labute approximate surface area is 116 Å². The van der Waals surface area contributed by atoms with Crippen LogP contribution in [0.2, 0.25) is 0 Å². The molecule has 92 valence electrons. The van der Waals surface area contributed by atoms with Crippen molar-refractivity contribution in [3.63, 3.8) is 0 Å². The zero-order valence-corrected chi connectivity index (χ0v) is 11.9. The molecule has 0 saturated carbocycles. The van der Waals surface area contributed by atoms with E-state index in [1.807, 2.05) is 43.3 Å². The summed E-state index contributed by atoms with van der Waals surface area (Å²) in [5.41, 5.74) is 9.47. The van der Waals surface area contributed by atoms with E-state index in [4.69, 9.17) is 5.73 Å². The topological polar surface area (TPSA) is 26.0 Å². The van der Waals surface area contributed by atoms with Crippen LogP contribution in [0.5, 0.6) is 0 Å². The van der Waals surface area contributed by atoms with Crippen LogP contribution in [0, 0.1) is 0 Å². The summed E-state index contributed by atoms with van der Waals surface area (Å²) in [7, 11) is 0. The Morgan fingerprint density at radius 1 is 1.00 bits per heavy atom. The van der Waals surface area contributed by atoms with Gasteiger partial charge in [-0.3, -0.25) is 0 Å². The Balaban J connectivity index is 2.47. The third kappa shape index (κ3) is 2.82. The standard InChI is InChI=1S/C16H16BrN/c1-2-15(18)16(12-6-4-3-5-7-12)13-8-10-14(17)11-9-13/h2-11,16H,18H2,1H3/b15-2-. The van der Waals surface area contributed by atoms with Gasteiger partial charge in [-0.15, -0.1) is 0 Å². The zero-order valence-electron chi connectivity index (χ0n) is 10.3. The molecule has 18 heavy (non-hydrogen) atoms. The molecule has 0 fully saturated rings. The summed E-state index contributed by atoms with van der Waals surface area (Å²) in [5, 5.41) is 0. The average molecular weight is 302 g/mol. The lowest BCUT2D eigenvalue weighted by atomic mass is 9.88. The Morgan fingerprint density at radius 3 is 2.11 bits per heavy atom. The molecule has 1 nitrogen and oxygen atoms in total. The lowest BCUT2D eigenvalue weighted by Gasteiger charge is -2.18. The van der Waals surface area contributed by atoms with Gasteiger partial charge in [-0.25, -0.2) is 0 Å². The molecular formula is C16H16BrN. The molecule has 0 amide bonds. The van der Waals surface area contributed by atoms with Crippen LogP contribution < -0.4 is 5.73 Å². The van der Waals surface area contributed by atoms with Gasteiger partial charge in [0.1, 0.15) is 0 Å². The van der Waals surface area contributed by atoms with Crippen LogP contribution in [0.3, 0.4) is 0 Å². The first-order chi connectivity index (χ1) is 8.72. The van der Waals surface area contributed by atoms with Crippen molar-refractivity contribution in [1.29, 1.82) is 0 Å². The fraction of sp³-hybridized carbons (Fsp3) is 0.125. The van der Waals surface area contributed by atoms with E-state index in [9.17, 15) is 0 Å². The first-order valence-corrected chi connectivity index (χ1v) is 6.73. The third-order valence-electron chi connectivity index (χ3n) is 3.00. The van der Waals surface area contributed by atoms with Crippen LogP contribution >= 0.6 is 15.9 Å². The molecule has 0 aliphatic heterocycles. The number of nitrogens with two attached hydrogens (primary N) is 1. The minimum atomic E-state index is 0.129. The van der Waals surface area contributed by atoms with Gasteiger partial charge in [0.2, 0.25) is 0 Å². The fourth-order valence-electron chi connectivity index (χ4n) is 2.04. The Morgan fingerprint density at radius 2 is 1.56 bits per heavy atom. The summed E-state index contributed by atoms with van der Waals surface area (Å²) in [6, 6.07) is 18.7. The van der Waals surface area contributed by atoms with E-state index in [0.29, 0.717) is 0 Å². The number of hydrogen-bond donors (Lipinski definition) is 1. The van der Waals surface area contributed by atoms with Crippen molar-refractivity contribution in [2.75, 3.05) is 0 Å². The number of halogens is 1. The molecule has 0 spiro atoms. The Hall–Kier alpha value is -1.54. The molecule has 0 saturated heterocycles. The van der Waals surface area contributed by atoms with Gasteiger partial charge >= 0.3 is 0 Å². The van der Waals surface area contributed by atoms with Gasteiger partial charge in [0, 0.05) is 16.1 Å². The van der Waals surface area contributed by atoms with Crippen LogP contribution in [0.1, 0.15) is 24.0 Å². The lowest BCUT2D eigenvalue weighted by Crippen LogP contribution is -2.11. The van der Waals surface area contributed by atoms with E-state index >= 15 is 0 Å². The van der Waals surface area contributed by atoms with Gasteiger partial charge in [-0.2, -0.15) is 0 Å². The van der Waals surface area contributed by atoms with Crippen molar-refractivity contribution < 1.29 is 0 Å². The summed E-state index contributed by atoms with van der Waals surface area (Å²) in [6.07, 6.45) is 1.97. The third-order valence-corrected chi connectivity index (χ3v) is 3.53. The predicted octanol–water partition coefficient (Wildman–Crippen LogP) is 4.44. The number of allylic oxidation sites excluding steroid dienone is 2. The predicted molar refractivity (Wildman–Crippen MR) is 80.4 cm³/mol. The molecule has 1 unspecified atom stereocenters. The van der Waals surface area contributed by atoms with Crippen molar-refractivity contribution in [2.45, 2.75) is 12.8 Å². The SMILES string of the molecule is C/C=C(\N)C(c1ccccc1)c1ccc(Br)cc1. The van der Waals surface area contributed by atoms with E-state index < -0.39 is 0 Å². The van der Waals surface area contributed by atoms with E-state index in [1.165, 1.54) is 11.1 Å². The molecule has 0 bridgehead atoms. The monoisotopic (exact) mass is 301 g/mol. The molecule has 2 aromatic rings. The van der Waals surface area contributed by atoms with Crippen LogP contribution in [0.4, 0.5) is 0 Å². The second-order valence-electron chi connectivity index (χ2n) is 4.18. The summed E-state index contributed by atoms with van der Waals surface area (Å²) in [6.45, 7) is 1.98. The van der Waals surface area contributed by atoms with E-state index in [0.717, 1.165) is 10.2 Å². The summed E-state index contributed by atoms with van der Waals surface area (Å²) in [5.74, 6) is 0.129. The van der Waals surface area contributed by atoms with Crippen molar-refractivity contribution in [1.82, 2.24) is 0 Å². The van der Waals surface area contributed by atoms with Gasteiger partial charge in [0.05, 0.1) is 0 Å². The molecule has 0 heterocycles. The Kier molecular flexibility index (Phi) is 4.21. The van der Waals surface area contributed by atoms with Crippen molar-refractivity contribution in [2.24, 2.45) is 5.73 Å². The largest absolute Gasteiger partial charge is 0.402 e. The highest BCUT2D eigenvalue weighted by Crippen LogP contribution is 2.29. The molecule has 1 atom stereocenters. The normalized spacial score (nSPS) is 13.3. The first kappa shape index (κ1) is 12.9. The molecule has 2 N–H and O–H groups in total. The van der Waals surface area contributed by atoms with Gasteiger partial charge in [-0.1, -0.05) is 64.5 Å². The fourth-order valence-corrected chi connectivity index (χ4v) is 2.31. The van der Waals surface area contributed by atoms with Crippen molar-refractivity contribution in [3.8, 4) is 0 Å². The van der Waals surface area contributed by atoms with Gasteiger partial charge in [-0.05, 0) is 30.2 Å². The quantitative estimate of drug-likeness (QED) is 0.891. The average Bonchev–Trinajstić information content (AvgIpc) is 2.42. The second-order valence-corrected chi connectivity index (χ2v) is 5.10. The molecule has 2 aromatic carbocycles. The minimum absolute atomic E-state index is 0.129.